The summed E-state index contributed by atoms with van der Waals surface area (Å²) in [7, 11) is 1.36. The van der Waals surface area contributed by atoms with E-state index in [-0.39, 0.29) is 18.6 Å². The zero-order valence-electron chi connectivity index (χ0n) is 21.2. The number of carbonyl (C=O) groups excluding carboxylic acids is 2. The van der Waals surface area contributed by atoms with Gasteiger partial charge in [0.15, 0.2) is 6.10 Å². The molecule has 192 valence electrons. The Hall–Kier alpha value is -3.64. The highest BCUT2D eigenvalue weighted by Crippen LogP contribution is 2.35. The lowest BCUT2D eigenvalue weighted by atomic mass is 9.92. The average Bonchev–Trinajstić information content (AvgIpc) is 3.47. The number of rotatable bonds is 8. The van der Waals surface area contributed by atoms with Crippen LogP contribution in [0.5, 0.6) is 5.75 Å². The number of hydrogen-bond acceptors (Lipinski definition) is 5. The molecule has 0 aromatic heterocycles. The molecule has 0 spiro atoms. The number of benzene rings is 3. The maximum absolute atomic E-state index is 14.1. The van der Waals surface area contributed by atoms with Gasteiger partial charge in [-0.2, -0.15) is 0 Å². The van der Waals surface area contributed by atoms with Crippen LogP contribution in [0.1, 0.15) is 54.0 Å². The van der Waals surface area contributed by atoms with Crippen LogP contribution in [0.2, 0.25) is 0 Å². The average molecular weight is 500 g/mol. The first-order valence-electron chi connectivity index (χ1n) is 13.0. The minimum Gasteiger partial charge on any atom is -0.489 e. The van der Waals surface area contributed by atoms with Crippen molar-refractivity contribution in [1.82, 2.24) is 4.90 Å². The second kappa shape index (κ2) is 11.6. The molecule has 1 aliphatic carbocycles. The number of esters is 1. The summed E-state index contributed by atoms with van der Waals surface area (Å²) in [6.45, 7) is 0.710. The van der Waals surface area contributed by atoms with E-state index in [1.165, 1.54) is 7.11 Å². The SMILES string of the molecule is COC(=O)C1Cc2c(cccc2OCc2ccccc2)CN1C(=O)C(OC1CCCC1)c1ccccc1. The summed E-state index contributed by atoms with van der Waals surface area (Å²) in [5, 5.41) is 0. The van der Waals surface area contributed by atoms with Crippen molar-refractivity contribution in [3.05, 3.63) is 101 Å². The molecule has 0 radical (unpaired) electrons. The zero-order valence-corrected chi connectivity index (χ0v) is 21.2. The fourth-order valence-electron chi connectivity index (χ4n) is 5.31. The minimum absolute atomic E-state index is 0.0424. The third-order valence-corrected chi connectivity index (χ3v) is 7.30. The Balaban J connectivity index is 1.43. The number of nitrogens with zero attached hydrogens (tertiary/aromatic N) is 1. The molecular formula is C31H33NO5. The van der Waals surface area contributed by atoms with Crippen molar-refractivity contribution in [2.24, 2.45) is 0 Å². The summed E-state index contributed by atoms with van der Waals surface area (Å²) in [6, 6.07) is 24.6. The Bertz CT molecular complexity index is 1210. The van der Waals surface area contributed by atoms with Crippen molar-refractivity contribution >= 4 is 11.9 Å². The van der Waals surface area contributed by atoms with Crippen molar-refractivity contribution in [3.8, 4) is 5.75 Å². The Morgan fingerprint density at radius 3 is 2.32 bits per heavy atom. The molecule has 1 heterocycles. The highest BCUT2D eigenvalue weighted by atomic mass is 16.5. The van der Waals surface area contributed by atoms with Gasteiger partial charge in [0.1, 0.15) is 18.4 Å². The molecule has 37 heavy (non-hydrogen) atoms. The van der Waals surface area contributed by atoms with Crippen LogP contribution in [0.4, 0.5) is 0 Å². The van der Waals surface area contributed by atoms with Crippen molar-refractivity contribution in [3.63, 3.8) is 0 Å². The molecule has 6 heteroatoms. The van der Waals surface area contributed by atoms with Gasteiger partial charge in [0, 0.05) is 18.5 Å². The number of amides is 1. The van der Waals surface area contributed by atoms with Gasteiger partial charge in [-0.3, -0.25) is 4.79 Å². The number of fused-ring (bicyclic) bond motifs is 1. The lowest BCUT2D eigenvalue weighted by Crippen LogP contribution is -2.51. The molecule has 1 aliphatic heterocycles. The maximum atomic E-state index is 14.1. The number of ether oxygens (including phenoxy) is 3. The van der Waals surface area contributed by atoms with Gasteiger partial charge in [0.25, 0.3) is 5.91 Å². The molecule has 3 aromatic rings. The highest BCUT2D eigenvalue weighted by molar-refractivity contribution is 5.88. The van der Waals surface area contributed by atoms with Crippen molar-refractivity contribution in [1.29, 1.82) is 0 Å². The molecular weight excluding hydrogens is 466 g/mol. The molecule has 0 N–H and O–H groups in total. The topological polar surface area (TPSA) is 65.1 Å². The molecule has 6 nitrogen and oxygen atoms in total. The van der Waals surface area contributed by atoms with Crippen LogP contribution < -0.4 is 4.74 Å². The fraction of sp³-hybridized carbons (Fsp3) is 0.355. The predicted octanol–water partition coefficient (Wildman–Crippen LogP) is 5.39. The smallest absolute Gasteiger partial charge is 0.328 e. The predicted molar refractivity (Wildman–Crippen MR) is 140 cm³/mol. The van der Waals surface area contributed by atoms with E-state index in [0.29, 0.717) is 13.0 Å². The summed E-state index contributed by atoms with van der Waals surface area (Å²) in [5.41, 5.74) is 3.76. The normalized spacial score (nSPS) is 18.2. The molecule has 0 saturated heterocycles. The Morgan fingerprint density at radius 1 is 0.919 bits per heavy atom. The first-order valence-corrected chi connectivity index (χ1v) is 13.0. The lowest BCUT2D eigenvalue weighted by molar-refractivity contribution is -0.161. The minimum atomic E-state index is -0.768. The van der Waals surface area contributed by atoms with Crippen LogP contribution in [0.25, 0.3) is 0 Å². The van der Waals surface area contributed by atoms with E-state index in [1.54, 1.807) is 4.90 Å². The zero-order chi connectivity index (χ0) is 25.6. The van der Waals surface area contributed by atoms with Gasteiger partial charge in [0.2, 0.25) is 0 Å². The van der Waals surface area contributed by atoms with Crippen LogP contribution in [0.3, 0.4) is 0 Å². The van der Waals surface area contributed by atoms with Crippen LogP contribution in [-0.2, 0) is 38.6 Å². The molecule has 5 rings (SSSR count). The van der Waals surface area contributed by atoms with Gasteiger partial charge in [0.05, 0.1) is 13.2 Å². The fourth-order valence-corrected chi connectivity index (χ4v) is 5.31. The highest BCUT2D eigenvalue weighted by Gasteiger charge is 2.40. The summed E-state index contributed by atoms with van der Waals surface area (Å²) in [4.78, 5) is 28.7. The largest absolute Gasteiger partial charge is 0.489 e. The Labute approximate surface area is 218 Å². The van der Waals surface area contributed by atoms with Gasteiger partial charge in [-0.15, -0.1) is 0 Å². The van der Waals surface area contributed by atoms with E-state index in [1.807, 2.05) is 78.9 Å². The van der Waals surface area contributed by atoms with Gasteiger partial charge in [-0.25, -0.2) is 4.79 Å². The molecule has 0 bridgehead atoms. The lowest BCUT2D eigenvalue weighted by Gasteiger charge is -2.38. The van der Waals surface area contributed by atoms with Crippen LogP contribution in [0, 0.1) is 0 Å². The van der Waals surface area contributed by atoms with Gasteiger partial charge in [-0.05, 0) is 35.6 Å². The first-order chi connectivity index (χ1) is 18.1. The molecule has 2 aliphatic rings. The summed E-state index contributed by atoms with van der Waals surface area (Å²) >= 11 is 0. The molecule has 1 amide bonds. The Morgan fingerprint density at radius 2 is 1.62 bits per heavy atom. The summed E-state index contributed by atoms with van der Waals surface area (Å²) < 4.78 is 17.7. The van der Waals surface area contributed by atoms with Gasteiger partial charge in [-0.1, -0.05) is 85.6 Å². The van der Waals surface area contributed by atoms with Crippen LogP contribution in [-0.4, -0.2) is 36.0 Å². The molecule has 2 unspecified atom stereocenters. The van der Waals surface area contributed by atoms with Gasteiger partial charge < -0.3 is 19.1 Å². The molecule has 3 aromatic carbocycles. The van der Waals surface area contributed by atoms with Crippen LogP contribution >= 0.6 is 0 Å². The Kier molecular flexibility index (Phi) is 7.85. The third-order valence-electron chi connectivity index (χ3n) is 7.30. The second-order valence-electron chi connectivity index (χ2n) is 9.71. The van der Waals surface area contributed by atoms with Crippen molar-refractivity contribution < 1.29 is 23.8 Å². The van der Waals surface area contributed by atoms with Crippen molar-refractivity contribution in [2.45, 2.75) is 63.5 Å². The first kappa shape index (κ1) is 25.0. The van der Waals surface area contributed by atoms with E-state index in [9.17, 15) is 9.59 Å². The summed E-state index contributed by atoms with van der Waals surface area (Å²) in [6.07, 6.45) is 3.70. The van der Waals surface area contributed by atoms with Crippen molar-refractivity contribution in [2.75, 3.05) is 7.11 Å². The number of methoxy groups -OCH3 is 1. The van der Waals surface area contributed by atoms with E-state index in [2.05, 4.69) is 0 Å². The molecule has 2 atom stereocenters. The molecule has 1 saturated carbocycles. The van der Waals surface area contributed by atoms with E-state index < -0.39 is 18.1 Å². The van der Waals surface area contributed by atoms with E-state index in [4.69, 9.17) is 14.2 Å². The number of carbonyl (C=O) groups is 2. The third kappa shape index (κ3) is 5.70. The van der Waals surface area contributed by atoms with Crippen LogP contribution in [0.15, 0.2) is 78.9 Å². The monoisotopic (exact) mass is 499 g/mol. The standard InChI is InChI=1S/C31H33NO5/c1-35-31(34)27-19-26-24(15-10-18-28(26)36-21-22-11-4-2-5-12-22)20-32(27)30(33)29(23-13-6-3-7-14-23)37-25-16-8-9-17-25/h2-7,10-15,18,25,27,29H,8-9,16-17,19-21H2,1H3. The summed E-state index contributed by atoms with van der Waals surface area (Å²) in [5.74, 6) is 0.0727. The second-order valence-corrected chi connectivity index (χ2v) is 9.71. The molecule has 1 fully saturated rings. The maximum Gasteiger partial charge on any atom is 0.328 e. The van der Waals surface area contributed by atoms with E-state index in [0.717, 1.165) is 53.7 Å². The quantitative estimate of drug-likeness (QED) is 0.389. The van der Waals surface area contributed by atoms with Gasteiger partial charge >= 0.3 is 5.97 Å². The number of hydrogen-bond donors (Lipinski definition) is 0. The van der Waals surface area contributed by atoms with E-state index >= 15 is 0 Å².